The molecule has 0 saturated heterocycles. The molecule has 0 bridgehead atoms. The van der Waals surface area contributed by atoms with Crippen molar-refractivity contribution < 1.29 is 22.7 Å². The Balaban J connectivity index is 2.01. The second-order valence-corrected chi connectivity index (χ2v) is 8.54. The molecule has 2 aromatic rings. The smallest absolute Gasteiger partial charge is 0.242 e. The van der Waals surface area contributed by atoms with Crippen LogP contribution in [0.1, 0.15) is 17.5 Å². The fourth-order valence-corrected chi connectivity index (χ4v) is 3.56. The number of nitrogens with one attached hydrogen (secondary N) is 1. The van der Waals surface area contributed by atoms with Gasteiger partial charge in [-0.05, 0) is 47.9 Å². The minimum absolute atomic E-state index is 0.126. The second kappa shape index (κ2) is 9.57. The molecule has 0 aromatic heterocycles. The van der Waals surface area contributed by atoms with E-state index in [0.717, 1.165) is 15.6 Å². The van der Waals surface area contributed by atoms with Crippen molar-refractivity contribution in [2.45, 2.75) is 24.3 Å². The summed E-state index contributed by atoms with van der Waals surface area (Å²) in [4.78, 5) is 12.4. The van der Waals surface area contributed by atoms with E-state index in [-0.39, 0.29) is 17.2 Å². The van der Waals surface area contributed by atoms with Gasteiger partial charge in [0.15, 0.2) is 0 Å². The highest BCUT2D eigenvalue weighted by atomic mass is 32.2. The SMILES string of the molecule is COc1ccc(CNC(=O)CCc2cc(S(=O)(=O)N(C)C)ccc2OC)cc1. The Hall–Kier alpha value is -2.58. The van der Waals surface area contributed by atoms with Gasteiger partial charge in [0.1, 0.15) is 11.5 Å². The quantitative estimate of drug-likeness (QED) is 0.690. The molecule has 0 unspecified atom stereocenters. The van der Waals surface area contributed by atoms with Crippen LogP contribution in [0.15, 0.2) is 47.4 Å². The van der Waals surface area contributed by atoms with Crippen LogP contribution in [0.5, 0.6) is 11.5 Å². The molecule has 0 aliphatic carbocycles. The molecule has 8 heteroatoms. The molecule has 0 spiro atoms. The molecule has 1 N–H and O–H groups in total. The Kier molecular flexibility index (Phi) is 7.42. The Labute approximate surface area is 166 Å². The second-order valence-electron chi connectivity index (χ2n) is 6.39. The van der Waals surface area contributed by atoms with Gasteiger partial charge < -0.3 is 14.8 Å². The molecule has 0 aliphatic heterocycles. The number of ether oxygens (including phenoxy) is 2. The maximum atomic E-state index is 12.3. The van der Waals surface area contributed by atoms with Gasteiger partial charge in [-0.1, -0.05) is 12.1 Å². The number of hydrogen-bond donors (Lipinski definition) is 1. The molecule has 0 radical (unpaired) electrons. The Morgan fingerprint density at radius 2 is 1.71 bits per heavy atom. The largest absolute Gasteiger partial charge is 0.497 e. The zero-order valence-electron chi connectivity index (χ0n) is 16.6. The summed E-state index contributed by atoms with van der Waals surface area (Å²) in [7, 11) is 2.53. The number of sulfonamides is 1. The molecule has 0 saturated carbocycles. The highest BCUT2D eigenvalue weighted by Crippen LogP contribution is 2.25. The van der Waals surface area contributed by atoms with Gasteiger partial charge in [0.05, 0.1) is 19.1 Å². The van der Waals surface area contributed by atoms with E-state index in [1.807, 2.05) is 24.3 Å². The number of hydrogen-bond acceptors (Lipinski definition) is 5. The third-order valence-corrected chi connectivity index (χ3v) is 6.11. The van der Waals surface area contributed by atoms with Crippen LogP contribution >= 0.6 is 0 Å². The normalized spacial score (nSPS) is 11.3. The Morgan fingerprint density at radius 3 is 2.29 bits per heavy atom. The van der Waals surface area contributed by atoms with Gasteiger partial charge in [-0.3, -0.25) is 4.79 Å². The van der Waals surface area contributed by atoms with Crippen molar-refractivity contribution in [1.29, 1.82) is 0 Å². The molecule has 0 fully saturated rings. The first-order valence-corrected chi connectivity index (χ1v) is 10.2. The summed E-state index contributed by atoms with van der Waals surface area (Å²) in [5.74, 6) is 1.19. The fourth-order valence-electron chi connectivity index (χ4n) is 2.60. The average Bonchev–Trinajstić information content (AvgIpc) is 2.70. The third-order valence-electron chi connectivity index (χ3n) is 4.30. The van der Waals surface area contributed by atoms with Crippen LogP contribution in [-0.2, 0) is 27.8 Å². The number of carbonyl (C=O) groups is 1. The van der Waals surface area contributed by atoms with Gasteiger partial charge in [0.2, 0.25) is 15.9 Å². The van der Waals surface area contributed by atoms with Crippen LogP contribution in [0, 0.1) is 0 Å². The molecule has 0 heterocycles. The lowest BCUT2D eigenvalue weighted by molar-refractivity contribution is -0.121. The van der Waals surface area contributed by atoms with Gasteiger partial charge in [0.25, 0.3) is 0 Å². The van der Waals surface area contributed by atoms with E-state index < -0.39 is 10.0 Å². The van der Waals surface area contributed by atoms with Crippen LogP contribution in [0.3, 0.4) is 0 Å². The highest BCUT2D eigenvalue weighted by Gasteiger charge is 2.19. The van der Waals surface area contributed by atoms with Crippen LogP contribution in [0.25, 0.3) is 0 Å². The van der Waals surface area contributed by atoms with E-state index in [1.54, 1.807) is 19.2 Å². The topological polar surface area (TPSA) is 84.9 Å². The molecule has 2 aromatic carbocycles. The number of methoxy groups -OCH3 is 2. The first kappa shape index (κ1) is 21.7. The van der Waals surface area contributed by atoms with Crippen molar-refractivity contribution in [3.63, 3.8) is 0 Å². The van der Waals surface area contributed by atoms with Crippen LogP contribution < -0.4 is 14.8 Å². The minimum atomic E-state index is -3.55. The van der Waals surface area contributed by atoms with Gasteiger partial charge in [-0.15, -0.1) is 0 Å². The minimum Gasteiger partial charge on any atom is -0.497 e. The van der Waals surface area contributed by atoms with E-state index in [2.05, 4.69) is 5.32 Å². The first-order valence-electron chi connectivity index (χ1n) is 8.77. The fraction of sp³-hybridized carbons (Fsp3) is 0.350. The third kappa shape index (κ3) is 5.46. The number of amides is 1. The number of carbonyl (C=O) groups excluding carboxylic acids is 1. The average molecular weight is 407 g/mol. The molecule has 7 nitrogen and oxygen atoms in total. The van der Waals surface area contributed by atoms with Crippen molar-refractivity contribution in [1.82, 2.24) is 9.62 Å². The summed E-state index contributed by atoms with van der Waals surface area (Å²) in [5.41, 5.74) is 1.64. The van der Waals surface area contributed by atoms with Crippen LogP contribution in [-0.4, -0.2) is 46.9 Å². The lowest BCUT2D eigenvalue weighted by atomic mass is 10.1. The maximum Gasteiger partial charge on any atom is 0.242 e. The van der Waals surface area contributed by atoms with Crippen molar-refractivity contribution >= 4 is 15.9 Å². The molecular weight excluding hydrogens is 380 g/mol. The summed E-state index contributed by atoms with van der Waals surface area (Å²) in [6, 6.07) is 12.1. The molecule has 0 atom stereocenters. The standard InChI is InChI=1S/C20H26N2O5S/c1-22(2)28(24,25)18-10-11-19(27-4)16(13-18)7-12-20(23)21-14-15-5-8-17(26-3)9-6-15/h5-6,8-11,13H,7,12,14H2,1-4H3,(H,21,23). The van der Waals surface area contributed by atoms with Crippen molar-refractivity contribution in [2.24, 2.45) is 0 Å². The Morgan fingerprint density at radius 1 is 1.04 bits per heavy atom. The monoisotopic (exact) mass is 406 g/mol. The number of aryl methyl sites for hydroxylation is 1. The van der Waals surface area contributed by atoms with Gasteiger partial charge in [-0.25, -0.2) is 12.7 Å². The van der Waals surface area contributed by atoms with Crippen molar-refractivity contribution in [3.05, 3.63) is 53.6 Å². The maximum absolute atomic E-state index is 12.3. The van der Waals surface area contributed by atoms with E-state index in [9.17, 15) is 13.2 Å². The van der Waals surface area contributed by atoms with Gasteiger partial charge in [-0.2, -0.15) is 0 Å². The first-order chi connectivity index (χ1) is 13.3. The lowest BCUT2D eigenvalue weighted by Gasteiger charge is -2.14. The summed E-state index contributed by atoms with van der Waals surface area (Å²) in [5, 5.41) is 2.86. The van der Waals surface area contributed by atoms with E-state index in [4.69, 9.17) is 9.47 Å². The molecular formula is C20H26N2O5S. The number of nitrogens with zero attached hydrogens (tertiary/aromatic N) is 1. The van der Waals surface area contributed by atoms with Crippen LogP contribution in [0.4, 0.5) is 0 Å². The number of rotatable bonds is 9. The molecule has 28 heavy (non-hydrogen) atoms. The predicted molar refractivity (Wildman–Crippen MR) is 107 cm³/mol. The van der Waals surface area contributed by atoms with E-state index in [0.29, 0.717) is 24.3 Å². The zero-order chi connectivity index (χ0) is 20.7. The van der Waals surface area contributed by atoms with E-state index in [1.165, 1.54) is 27.3 Å². The lowest BCUT2D eigenvalue weighted by Crippen LogP contribution is -2.23. The number of benzene rings is 2. The zero-order valence-corrected chi connectivity index (χ0v) is 17.4. The summed E-state index contributed by atoms with van der Waals surface area (Å²) < 4.78 is 36.2. The molecule has 152 valence electrons. The summed E-state index contributed by atoms with van der Waals surface area (Å²) >= 11 is 0. The van der Waals surface area contributed by atoms with Crippen molar-refractivity contribution in [2.75, 3.05) is 28.3 Å². The summed E-state index contributed by atoms with van der Waals surface area (Å²) in [6.07, 6.45) is 0.590. The Bertz CT molecular complexity index is 909. The molecule has 1 amide bonds. The van der Waals surface area contributed by atoms with Gasteiger partial charge >= 0.3 is 0 Å². The highest BCUT2D eigenvalue weighted by molar-refractivity contribution is 7.89. The van der Waals surface area contributed by atoms with Crippen molar-refractivity contribution in [3.8, 4) is 11.5 Å². The molecule has 2 rings (SSSR count). The molecule has 0 aliphatic rings. The van der Waals surface area contributed by atoms with Gasteiger partial charge in [0, 0.05) is 27.1 Å². The predicted octanol–water partition coefficient (Wildman–Crippen LogP) is 2.20. The summed E-state index contributed by atoms with van der Waals surface area (Å²) in [6.45, 7) is 0.412. The van der Waals surface area contributed by atoms with Crippen LogP contribution in [0.2, 0.25) is 0 Å². The van der Waals surface area contributed by atoms with E-state index >= 15 is 0 Å².